The first kappa shape index (κ1) is 13.9. The number of halogens is 1. The summed E-state index contributed by atoms with van der Waals surface area (Å²) in [4.78, 5) is 20.5. The molecule has 1 N–H and O–H groups in total. The Kier molecular flexibility index (Phi) is 4.08. The van der Waals surface area contributed by atoms with Crippen molar-refractivity contribution in [3.8, 4) is 11.3 Å². The SMILES string of the molecule is O=C(Nc1nc(-c2ccccc2)cs1)c1cncc(Br)c1. The van der Waals surface area contributed by atoms with Gasteiger partial charge in [0.15, 0.2) is 5.13 Å². The number of amides is 1. The number of carbonyl (C=O) groups excluding carboxylic acids is 1. The second kappa shape index (κ2) is 6.15. The molecule has 0 atom stereocenters. The van der Waals surface area contributed by atoms with E-state index in [1.807, 2.05) is 35.7 Å². The van der Waals surface area contributed by atoms with Gasteiger partial charge in [0.25, 0.3) is 5.91 Å². The number of hydrogen-bond donors (Lipinski definition) is 1. The molecule has 0 aliphatic carbocycles. The highest BCUT2D eigenvalue weighted by Crippen LogP contribution is 2.25. The summed E-state index contributed by atoms with van der Waals surface area (Å²) in [6.45, 7) is 0. The van der Waals surface area contributed by atoms with Crippen LogP contribution in [0.25, 0.3) is 11.3 Å². The number of pyridine rings is 1. The summed E-state index contributed by atoms with van der Waals surface area (Å²) in [6, 6.07) is 11.6. The Bertz CT molecular complexity index is 773. The summed E-state index contributed by atoms with van der Waals surface area (Å²) in [6.07, 6.45) is 3.15. The number of nitrogens with zero attached hydrogens (tertiary/aromatic N) is 2. The zero-order valence-electron chi connectivity index (χ0n) is 10.8. The maximum atomic E-state index is 12.1. The molecule has 1 aromatic carbocycles. The van der Waals surface area contributed by atoms with Gasteiger partial charge in [0.2, 0.25) is 0 Å². The number of hydrogen-bond acceptors (Lipinski definition) is 4. The lowest BCUT2D eigenvalue weighted by atomic mass is 10.2. The molecule has 0 radical (unpaired) electrons. The Morgan fingerprint density at radius 3 is 2.76 bits per heavy atom. The van der Waals surface area contributed by atoms with Crippen LogP contribution in [0.15, 0.2) is 58.6 Å². The van der Waals surface area contributed by atoms with Crippen molar-refractivity contribution in [3.05, 3.63) is 64.2 Å². The number of anilines is 1. The van der Waals surface area contributed by atoms with E-state index in [1.165, 1.54) is 17.5 Å². The number of benzene rings is 1. The quantitative estimate of drug-likeness (QED) is 0.761. The average Bonchev–Trinajstić information content (AvgIpc) is 2.97. The molecule has 0 fully saturated rings. The first-order chi connectivity index (χ1) is 10.2. The van der Waals surface area contributed by atoms with Crippen LogP contribution >= 0.6 is 27.3 Å². The zero-order valence-corrected chi connectivity index (χ0v) is 13.2. The third-order valence-corrected chi connectivity index (χ3v) is 3.95. The van der Waals surface area contributed by atoms with Crippen LogP contribution in [0, 0.1) is 0 Å². The fourth-order valence-corrected chi connectivity index (χ4v) is 2.86. The van der Waals surface area contributed by atoms with Gasteiger partial charge in [-0.3, -0.25) is 15.1 Å². The lowest BCUT2D eigenvalue weighted by Gasteiger charge is -2.01. The van der Waals surface area contributed by atoms with Crippen LogP contribution in [0.3, 0.4) is 0 Å². The molecule has 4 nitrogen and oxygen atoms in total. The molecule has 0 aliphatic rings. The van der Waals surface area contributed by atoms with Gasteiger partial charge in [0, 0.05) is 27.8 Å². The Morgan fingerprint density at radius 1 is 1.19 bits per heavy atom. The Labute approximate surface area is 134 Å². The van der Waals surface area contributed by atoms with Gasteiger partial charge in [-0.05, 0) is 22.0 Å². The van der Waals surface area contributed by atoms with Crippen molar-refractivity contribution >= 4 is 38.3 Å². The molecule has 6 heteroatoms. The maximum Gasteiger partial charge on any atom is 0.259 e. The molecule has 1 amide bonds. The number of rotatable bonds is 3. The summed E-state index contributed by atoms with van der Waals surface area (Å²) in [5.74, 6) is -0.224. The van der Waals surface area contributed by atoms with Gasteiger partial charge in [-0.25, -0.2) is 4.98 Å². The maximum absolute atomic E-state index is 12.1. The summed E-state index contributed by atoms with van der Waals surface area (Å²) in [5, 5.41) is 5.27. The molecule has 21 heavy (non-hydrogen) atoms. The van der Waals surface area contributed by atoms with E-state index in [1.54, 1.807) is 12.3 Å². The molecule has 3 aromatic rings. The summed E-state index contributed by atoms with van der Waals surface area (Å²) in [7, 11) is 0. The van der Waals surface area contributed by atoms with Crippen LogP contribution in [0.2, 0.25) is 0 Å². The molecule has 0 spiro atoms. The molecule has 2 aromatic heterocycles. The predicted octanol–water partition coefficient (Wildman–Crippen LogP) is 4.22. The van der Waals surface area contributed by atoms with Crippen LogP contribution in [0.1, 0.15) is 10.4 Å². The Morgan fingerprint density at radius 2 is 2.00 bits per heavy atom. The Balaban J connectivity index is 1.77. The molecule has 0 saturated heterocycles. The van der Waals surface area contributed by atoms with E-state index in [4.69, 9.17) is 0 Å². The van der Waals surface area contributed by atoms with E-state index in [0.29, 0.717) is 10.7 Å². The van der Waals surface area contributed by atoms with Gasteiger partial charge in [0.05, 0.1) is 11.3 Å². The third-order valence-electron chi connectivity index (χ3n) is 2.76. The first-order valence-corrected chi connectivity index (χ1v) is 7.82. The number of thiazole rings is 1. The van der Waals surface area contributed by atoms with Crippen molar-refractivity contribution in [2.24, 2.45) is 0 Å². The number of carbonyl (C=O) groups is 1. The van der Waals surface area contributed by atoms with Crippen LogP contribution in [-0.4, -0.2) is 15.9 Å². The summed E-state index contributed by atoms with van der Waals surface area (Å²) < 4.78 is 0.763. The molecule has 3 rings (SSSR count). The van der Waals surface area contributed by atoms with E-state index in [-0.39, 0.29) is 5.91 Å². The van der Waals surface area contributed by atoms with E-state index < -0.39 is 0 Å². The van der Waals surface area contributed by atoms with Crippen LogP contribution < -0.4 is 5.32 Å². The van der Waals surface area contributed by atoms with Crippen molar-refractivity contribution in [1.29, 1.82) is 0 Å². The van der Waals surface area contributed by atoms with Gasteiger partial charge < -0.3 is 0 Å². The first-order valence-electron chi connectivity index (χ1n) is 6.15. The monoisotopic (exact) mass is 359 g/mol. The van der Waals surface area contributed by atoms with Crippen molar-refractivity contribution < 1.29 is 4.79 Å². The van der Waals surface area contributed by atoms with Crippen molar-refractivity contribution in [3.63, 3.8) is 0 Å². The second-order valence-corrected chi connectivity index (χ2v) is 6.02. The topological polar surface area (TPSA) is 54.9 Å². The molecule has 2 heterocycles. The van der Waals surface area contributed by atoms with Crippen molar-refractivity contribution in [2.45, 2.75) is 0 Å². The standard InChI is InChI=1S/C15H10BrN3OS/c16-12-6-11(7-17-8-12)14(20)19-15-18-13(9-21-15)10-4-2-1-3-5-10/h1-9H,(H,18,19,20). The highest BCUT2D eigenvalue weighted by Gasteiger charge is 2.10. The second-order valence-electron chi connectivity index (χ2n) is 4.25. The van der Waals surface area contributed by atoms with Gasteiger partial charge in [-0.2, -0.15) is 0 Å². The van der Waals surface area contributed by atoms with Crippen LogP contribution in [0.4, 0.5) is 5.13 Å². The van der Waals surface area contributed by atoms with Crippen LogP contribution in [0.5, 0.6) is 0 Å². The predicted molar refractivity (Wildman–Crippen MR) is 87.4 cm³/mol. The fraction of sp³-hybridized carbons (Fsp3) is 0. The van der Waals surface area contributed by atoms with Crippen LogP contribution in [-0.2, 0) is 0 Å². The smallest absolute Gasteiger partial charge is 0.259 e. The minimum atomic E-state index is -0.224. The van der Waals surface area contributed by atoms with Gasteiger partial charge in [-0.15, -0.1) is 11.3 Å². The normalized spacial score (nSPS) is 10.3. The zero-order chi connectivity index (χ0) is 14.7. The molecule has 0 bridgehead atoms. The largest absolute Gasteiger partial charge is 0.298 e. The molecular formula is C15H10BrN3OS. The van der Waals surface area contributed by atoms with Gasteiger partial charge in [0.1, 0.15) is 0 Å². The Hall–Kier alpha value is -2.05. The summed E-state index contributed by atoms with van der Waals surface area (Å²) >= 11 is 4.69. The van der Waals surface area contributed by atoms with Crippen molar-refractivity contribution in [1.82, 2.24) is 9.97 Å². The van der Waals surface area contributed by atoms with E-state index in [9.17, 15) is 4.79 Å². The molecule has 0 unspecified atom stereocenters. The third kappa shape index (κ3) is 3.34. The molecule has 0 aliphatic heterocycles. The molecule has 0 saturated carbocycles. The summed E-state index contributed by atoms with van der Waals surface area (Å²) in [5.41, 5.74) is 2.36. The van der Waals surface area contributed by atoms with E-state index >= 15 is 0 Å². The lowest BCUT2D eigenvalue weighted by molar-refractivity contribution is 0.102. The van der Waals surface area contributed by atoms with Crippen molar-refractivity contribution in [2.75, 3.05) is 5.32 Å². The van der Waals surface area contributed by atoms with E-state index in [2.05, 4.69) is 31.2 Å². The number of aromatic nitrogens is 2. The van der Waals surface area contributed by atoms with E-state index in [0.717, 1.165) is 15.7 Å². The fourth-order valence-electron chi connectivity index (χ4n) is 1.78. The highest BCUT2D eigenvalue weighted by atomic mass is 79.9. The number of nitrogens with one attached hydrogen (secondary N) is 1. The molecule has 104 valence electrons. The average molecular weight is 360 g/mol. The van der Waals surface area contributed by atoms with Gasteiger partial charge in [-0.1, -0.05) is 30.3 Å². The minimum absolute atomic E-state index is 0.224. The van der Waals surface area contributed by atoms with Gasteiger partial charge >= 0.3 is 0 Å². The highest BCUT2D eigenvalue weighted by molar-refractivity contribution is 9.10. The minimum Gasteiger partial charge on any atom is -0.298 e. The molecular weight excluding hydrogens is 350 g/mol. The lowest BCUT2D eigenvalue weighted by Crippen LogP contribution is -2.11.